The highest BCUT2D eigenvalue weighted by Gasteiger charge is 2.21. The summed E-state index contributed by atoms with van der Waals surface area (Å²) < 4.78 is 0. The van der Waals surface area contributed by atoms with Crippen molar-refractivity contribution < 1.29 is 9.59 Å². The molecule has 25 heavy (non-hydrogen) atoms. The Labute approximate surface area is 154 Å². The molecule has 5 nitrogen and oxygen atoms in total. The summed E-state index contributed by atoms with van der Waals surface area (Å²) in [6, 6.07) is 9.89. The van der Waals surface area contributed by atoms with Crippen molar-refractivity contribution in [3.8, 4) is 0 Å². The van der Waals surface area contributed by atoms with Crippen molar-refractivity contribution in [2.24, 2.45) is 5.10 Å². The lowest BCUT2D eigenvalue weighted by Gasteiger charge is -2.11. The molecular weight excluding hydrogens is 334 g/mol. The van der Waals surface area contributed by atoms with Gasteiger partial charge in [-0.05, 0) is 30.4 Å². The molecule has 1 N–H and O–H groups in total. The molecule has 2 rings (SSSR count). The standard InChI is InChI=1S/C19H27N3O2S/c1-25-15-7-3-6-13-20-18(23)10-11-19(24)22-14-12-17(21-22)16-8-4-2-5-9-16/h2,4-5,8-9H,3,6-7,10-15H2,1H3,(H,20,23). The second kappa shape index (κ2) is 10.9. The average molecular weight is 362 g/mol. The molecule has 0 aromatic heterocycles. The summed E-state index contributed by atoms with van der Waals surface area (Å²) in [7, 11) is 0. The number of carbonyl (C=O) groups is 2. The van der Waals surface area contributed by atoms with E-state index in [0.717, 1.165) is 30.5 Å². The number of thioether (sulfide) groups is 1. The van der Waals surface area contributed by atoms with Gasteiger partial charge in [-0.3, -0.25) is 9.59 Å². The van der Waals surface area contributed by atoms with Crippen LogP contribution in [0.3, 0.4) is 0 Å². The summed E-state index contributed by atoms with van der Waals surface area (Å²) >= 11 is 1.85. The third-order valence-corrected chi connectivity index (χ3v) is 4.81. The van der Waals surface area contributed by atoms with Crippen LogP contribution in [0.25, 0.3) is 0 Å². The molecule has 0 fully saturated rings. The summed E-state index contributed by atoms with van der Waals surface area (Å²) in [5.41, 5.74) is 1.99. The Morgan fingerprint density at radius 3 is 2.72 bits per heavy atom. The van der Waals surface area contributed by atoms with E-state index in [4.69, 9.17) is 0 Å². The zero-order valence-electron chi connectivity index (χ0n) is 14.9. The van der Waals surface area contributed by atoms with E-state index in [-0.39, 0.29) is 24.7 Å². The van der Waals surface area contributed by atoms with Crippen LogP contribution in [-0.2, 0) is 9.59 Å². The molecule has 0 aliphatic carbocycles. The van der Waals surface area contributed by atoms with E-state index in [1.807, 2.05) is 42.1 Å². The van der Waals surface area contributed by atoms with Gasteiger partial charge in [-0.15, -0.1) is 0 Å². The van der Waals surface area contributed by atoms with Crippen molar-refractivity contribution in [2.75, 3.05) is 25.1 Å². The lowest BCUT2D eigenvalue weighted by molar-refractivity contribution is -0.133. The first-order valence-corrected chi connectivity index (χ1v) is 10.3. The number of hydrogen-bond acceptors (Lipinski definition) is 4. The van der Waals surface area contributed by atoms with Crippen LogP contribution in [0.15, 0.2) is 35.4 Å². The van der Waals surface area contributed by atoms with E-state index in [9.17, 15) is 9.59 Å². The molecule has 0 unspecified atom stereocenters. The summed E-state index contributed by atoms with van der Waals surface area (Å²) in [5.74, 6) is 1.04. The summed E-state index contributed by atoms with van der Waals surface area (Å²) in [6.45, 7) is 1.29. The molecule has 0 bridgehead atoms. The first-order valence-electron chi connectivity index (χ1n) is 8.89. The Morgan fingerprint density at radius 1 is 1.16 bits per heavy atom. The monoisotopic (exact) mass is 361 g/mol. The van der Waals surface area contributed by atoms with Crippen molar-refractivity contribution in [1.82, 2.24) is 10.3 Å². The third-order valence-electron chi connectivity index (χ3n) is 4.11. The molecule has 1 aliphatic rings. The van der Waals surface area contributed by atoms with E-state index in [1.54, 1.807) is 0 Å². The SMILES string of the molecule is CSCCCCCNC(=O)CCC(=O)N1CCC(c2ccccc2)=N1. The van der Waals surface area contributed by atoms with E-state index < -0.39 is 0 Å². The van der Waals surface area contributed by atoms with Crippen LogP contribution < -0.4 is 5.32 Å². The number of rotatable bonds is 10. The Kier molecular flexibility index (Phi) is 8.52. The summed E-state index contributed by atoms with van der Waals surface area (Å²) in [4.78, 5) is 24.0. The van der Waals surface area contributed by atoms with Crippen LogP contribution in [0.2, 0.25) is 0 Å². The molecule has 2 amide bonds. The van der Waals surface area contributed by atoms with Crippen molar-refractivity contribution >= 4 is 29.3 Å². The first kappa shape index (κ1) is 19.5. The minimum Gasteiger partial charge on any atom is -0.356 e. The molecule has 1 aromatic rings. The molecule has 0 spiro atoms. The van der Waals surface area contributed by atoms with Gasteiger partial charge in [-0.25, -0.2) is 5.01 Å². The summed E-state index contributed by atoms with van der Waals surface area (Å²) in [5, 5.41) is 8.79. The quantitative estimate of drug-likeness (QED) is 0.652. The van der Waals surface area contributed by atoms with E-state index in [2.05, 4.69) is 16.7 Å². The number of nitrogens with one attached hydrogen (secondary N) is 1. The molecule has 1 aliphatic heterocycles. The number of unbranched alkanes of at least 4 members (excludes halogenated alkanes) is 2. The predicted molar refractivity (Wildman–Crippen MR) is 104 cm³/mol. The fourth-order valence-corrected chi connectivity index (χ4v) is 3.18. The molecule has 0 saturated heterocycles. The molecule has 6 heteroatoms. The van der Waals surface area contributed by atoms with Crippen molar-refractivity contribution in [1.29, 1.82) is 0 Å². The van der Waals surface area contributed by atoms with Crippen LogP contribution in [0, 0.1) is 0 Å². The zero-order chi connectivity index (χ0) is 17.9. The van der Waals surface area contributed by atoms with Gasteiger partial charge in [0.25, 0.3) is 0 Å². The van der Waals surface area contributed by atoms with Crippen molar-refractivity contribution in [3.05, 3.63) is 35.9 Å². The van der Waals surface area contributed by atoms with Gasteiger partial charge in [0, 0.05) is 25.8 Å². The Hall–Kier alpha value is -1.82. The lowest BCUT2D eigenvalue weighted by atomic mass is 10.1. The van der Waals surface area contributed by atoms with E-state index >= 15 is 0 Å². The van der Waals surface area contributed by atoms with Gasteiger partial charge in [0.1, 0.15) is 0 Å². The number of carbonyl (C=O) groups excluding carboxylic acids is 2. The highest BCUT2D eigenvalue weighted by atomic mass is 32.2. The molecular formula is C19H27N3O2S. The van der Waals surface area contributed by atoms with Crippen LogP contribution >= 0.6 is 11.8 Å². The van der Waals surface area contributed by atoms with Gasteiger partial charge in [0.15, 0.2) is 0 Å². The summed E-state index contributed by atoms with van der Waals surface area (Å²) in [6.07, 6.45) is 6.62. The third kappa shape index (κ3) is 6.90. The lowest BCUT2D eigenvalue weighted by Crippen LogP contribution is -2.28. The molecule has 0 saturated carbocycles. The molecule has 1 heterocycles. The van der Waals surface area contributed by atoms with Gasteiger partial charge >= 0.3 is 0 Å². The van der Waals surface area contributed by atoms with E-state index in [0.29, 0.717) is 13.1 Å². The van der Waals surface area contributed by atoms with Gasteiger partial charge in [-0.2, -0.15) is 16.9 Å². The number of nitrogens with zero attached hydrogens (tertiary/aromatic N) is 2. The topological polar surface area (TPSA) is 61.8 Å². The number of benzene rings is 1. The molecule has 0 radical (unpaired) electrons. The van der Waals surface area contributed by atoms with Crippen LogP contribution in [0.5, 0.6) is 0 Å². The average Bonchev–Trinajstić information content (AvgIpc) is 3.13. The Balaban J connectivity index is 1.65. The predicted octanol–water partition coefficient (Wildman–Crippen LogP) is 3.05. The van der Waals surface area contributed by atoms with Crippen LogP contribution in [0.1, 0.15) is 44.1 Å². The largest absolute Gasteiger partial charge is 0.356 e. The van der Waals surface area contributed by atoms with Gasteiger partial charge in [0.05, 0.1) is 12.3 Å². The maximum absolute atomic E-state index is 12.2. The molecule has 136 valence electrons. The second-order valence-electron chi connectivity index (χ2n) is 6.08. The Morgan fingerprint density at radius 2 is 1.96 bits per heavy atom. The Bertz CT molecular complexity index is 590. The second-order valence-corrected chi connectivity index (χ2v) is 7.07. The fraction of sp³-hybridized carbons (Fsp3) is 0.526. The number of hydrogen-bond donors (Lipinski definition) is 1. The highest BCUT2D eigenvalue weighted by molar-refractivity contribution is 7.98. The maximum atomic E-state index is 12.2. The maximum Gasteiger partial charge on any atom is 0.243 e. The van der Waals surface area contributed by atoms with Crippen LogP contribution in [0.4, 0.5) is 0 Å². The minimum absolute atomic E-state index is 0.0512. The number of hydrazone groups is 1. The molecule has 1 aromatic carbocycles. The fourth-order valence-electron chi connectivity index (χ4n) is 2.68. The van der Waals surface area contributed by atoms with Gasteiger partial charge < -0.3 is 5.32 Å². The van der Waals surface area contributed by atoms with Gasteiger partial charge in [0.2, 0.25) is 11.8 Å². The number of amides is 2. The minimum atomic E-state index is -0.0824. The van der Waals surface area contributed by atoms with Crippen molar-refractivity contribution in [2.45, 2.75) is 38.5 Å². The molecule has 0 atom stereocenters. The van der Waals surface area contributed by atoms with Crippen LogP contribution in [-0.4, -0.2) is 47.6 Å². The van der Waals surface area contributed by atoms with Crippen molar-refractivity contribution in [3.63, 3.8) is 0 Å². The smallest absolute Gasteiger partial charge is 0.243 e. The van der Waals surface area contributed by atoms with E-state index in [1.165, 1.54) is 17.2 Å². The first-order chi connectivity index (χ1) is 12.2. The highest BCUT2D eigenvalue weighted by Crippen LogP contribution is 2.14. The zero-order valence-corrected chi connectivity index (χ0v) is 15.7. The normalized spacial score (nSPS) is 13.6. The van der Waals surface area contributed by atoms with Gasteiger partial charge in [-0.1, -0.05) is 36.8 Å².